The number of amides is 1. The van der Waals surface area contributed by atoms with Crippen molar-refractivity contribution < 1.29 is 19.7 Å². The molecule has 2 fully saturated rings. The molecule has 1 aliphatic carbocycles. The molecule has 4 rings (SSSR count). The van der Waals surface area contributed by atoms with E-state index in [4.69, 9.17) is 10.5 Å². The van der Waals surface area contributed by atoms with Crippen molar-refractivity contribution in [2.24, 2.45) is 0 Å². The highest BCUT2D eigenvalue weighted by atomic mass is 16.6. The second-order valence-electron chi connectivity index (χ2n) is 5.79. The maximum atomic E-state index is 12.1. The average molecular weight is 320 g/mol. The Morgan fingerprint density at radius 3 is 2.83 bits per heavy atom. The number of fused-ring (bicyclic) bond motifs is 1. The first-order valence-electron chi connectivity index (χ1n) is 7.31. The maximum Gasteiger partial charge on any atom is 0.252 e. The SMILES string of the molecule is Nc1ncnc2c1ncn2[C@@H]1O[C@H](C(=O)NC2CC2)[C@H](O)[C@H]1O. The Morgan fingerprint density at radius 1 is 1.30 bits per heavy atom. The van der Waals surface area contributed by atoms with Crippen molar-refractivity contribution in [1.82, 2.24) is 24.8 Å². The van der Waals surface area contributed by atoms with Crippen LogP contribution >= 0.6 is 0 Å². The summed E-state index contributed by atoms with van der Waals surface area (Å²) >= 11 is 0. The summed E-state index contributed by atoms with van der Waals surface area (Å²) in [5.41, 5.74) is 6.45. The molecule has 10 heteroatoms. The molecule has 23 heavy (non-hydrogen) atoms. The van der Waals surface area contributed by atoms with Crippen LogP contribution in [0.5, 0.6) is 0 Å². The van der Waals surface area contributed by atoms with Crippen LogP contribution < -0.4 is 11.1 Å². The number of nitrogens with zero attached hydrogens (tertiary/aromatic N) is 4. The number of nitrogens with one attached hydrogen (secondary N) is 1. The molecular formula is C13H16N6O4. The molecule has 1 saturated carbocycles. The van der Waals surface area contributed by atoms with E-state index in [0.29, 0.717) is 11.2 Å². The molecule has 1 amide bonds. The number of nitrogens with two attached hydrogens (primary N) is 1. The lowest BCUT2D eigenvalue weighted by Crippen LogP contribution is -2.43. The van der Waals surface area contributed by atoms with Crippen molar-refractivity contribution in [3.05, 3.63) is 12.7 Å². The van der Waals surface area contributed by atoms with E-state index in [0.717, 1.165) is 12.8 Å². The molecular weight excluding hydrogens is 304 g/mol. The molecule has 1 saturated heterocycles. The summed E-state index contributed by atoms with van der Waals surface area (Å²) in [4.78, 5) is 24.1. The van der Waals surface area contributed by atoms with Gasteiger partial charge in [0.15, 0.2) is 23.8 Å². The normalized spacial score (nSPS) is 30.7. The highest BCUT2D eigenvalue weighted by Crippen LogP contribution is 2.32. The van der Waals surface area contributed by atoms with E-state index in [1.807, 2.05) is 0 Å². The fourth-order valence-electron chi connectivity index (χ4n) is 2.67. The zero-order valence-corrected chi connectivity index (χ0v) is 12.0. The van der Waals surface area contributed by atoms with Crippen LogP contribution in [0.2, 0.25) is 0 Å². The fraction of sp³-hybridized carbons (Fsp3) is 0.538. The Balaban J connectivity index is 1.63. The summed E-state index contributed by atoms with van der Waals surface area (Å²) in [5, 5.41) is 23.1. The van der Waals surface area contributed by atoms with E-state index in [9.17, 15) is 15.0 Å². The van der Waals surface area contributed by atoms with E-state index < -0.39 is 30.4 Å². The molecule has 0 bridgehead atoms. The van der Waals surface area contributed by atoms with Gasteiger partial charge in [0.2, 0.25) is 0 Å². The van der Waals surface area contributed by atoms with Gasteiger partial charge in [-0.05, 0) is 12.8 Å². The average Bonchev–Trinajstić information content (AvgIpc) is 3.15. The van der Waals surface area contributed by atoms with Gasteiger partial charge in [-0.3, -0.25) is 9.36 Å². The molecule has 5 N–H and O–H groups in total. The number of aromatic nitrogens is 4. The number of carbonyl (C=O) groups is 1. The molecule has 122 valence electrons. The number of nitrogen functional groups attached to an aromatic ring is 1. The summed E-state index contributed by atoms with van der Waals surface area (Å²) < 4.78 is 7.01. The number of anilines is 1. The lowest BCUT2D eigenvalue weighted by Gasteiger charge is -2.16. The topological polar surface area (TPSA) is 148 Å². The van der Waals surface area contributed by atoms with Crippen LogP contribution in [0, 0.1) is 0 Å². The molecule has 1 aliphatic heterocycles. The van der Waals surface area contributed by atoms with Crippen molar-refractivity contribution in [2.75, 3.05) is 5.73 Å². The highest BCUT2D eigenvalue weighted by molar-refractivity contribution is 5.83. The van der Waals surface area contributed by atoms with Crippen molar-refractivity contribution in [1.29, 1.82) is 0 Å². The van der Waals surface area contributed by atoms with Gasteiger partial charge in [0.05, 0.1) is 6.33 Å². The smallest absolute Gasteiger partial charge is 0.252 e. The van der Waals surface area contributed by atoms with Gasteiger partial charge in [-0.15, -0.1) is 0 Å². The highest BCUT2D eigenvalue weighted by Gasteiger charge is 2.48. The van der Waals surface area contributed by atoms with Crippen LogP contribution in [-0.2, 0) is 9.53 Å². The minimum atomic E-state index is -1.34. The van der Waals surface area contributed by atoms with Gasteiger partial charge in [-0.2, -0.15) is 0 Å². The largest absolute Gasteiger partial charge is 0.387 e. The number of imidazole rings is 1. The first-order chi connectivity index (χ1) is 11.1. The van der Waals surface area contributed by atoms with Gasteiger partial charge in [0.25, 0.3) is 5.91 Å². The summed E-state index contributed by atoms with van der Waals surface area (Å²) in [7, 11) is 0. The molecule has 0 spiro atoms. The number of hydrogen-bond donors (Lipinski definition) is 4. The minimum Gasteiger partial charge on any atom is -0.387 e. The number of aliphatic hydroxyl groups excluding tert-OH is 2. The Labute approximate surface area is 130 Å². The molecule has 4 atom stereocenters. The third-order valence-electron chi connectivity index (χ3n) is 4.08. The van der Waals surface area contributed by atoms with Gasteiger partial charge in [-0.25, -0.2) is 15.0 Å². The molecule has 2 aromatic heterocycles. The second kappa shape index (κ2) is 5.11. The van der Waals surface area contributed by atoms with Gasteiger partial charge in [0.1, 0.15) is 24.1 Å². The fourth-order valence-corrected chi connectivity index (χ4v) is 2.67. The first-order valence-corrected chi connectivity index (χ1v) is 7.31. The predicted octanol–water partition coefficient (Wildman–Crippen LogP) is -1.69. The monoisotopic (exact) mass is 320 g/mol. The standard InChI is InChI=1S/C13H16N6O4/c14-10-6-11(16-3-15-10)19(4-17-6)13-8(21)7(20)9(23-13)12(22)18-5-1-2-5/h3-5,7-9,13,20-21H,1-2H2,(H,18,22)(H2,14,15,16)/t7-,8-,9+,13-/m1/s1. The molecule has 0 radical (unpaired) electrons. The van der Waals surface area contributed by atoms with Crippen molar-refractivity contribution in [3.63, 3.8) is 0 Å². The van der Waals surface area contributed by atoms with E-state index in [1.54, 1.807) is 0 Å². The van der Waals surface area contributed by atoms with Gasteiger partial charge in [-0.1, -0.05) is 0 Å². The third-order valence-corrected chi connectivity index (χ3v) is 4.08. The quantitative estimate of drug-likeness (QED) is 0.523. The lowest BCUT2D eigenvalue weighted by atomic mass is 10.1. The number of ether oxygens (including phenoxy) is 1. The molecule has 3 heterocycles. The molecule has 2 aromatic rings. The van der Waals surface area contributed by atoms with Gasteiger partial charge >= 0.3 is 0 Å². The van der Waals surface area contributed by atoms with Gasteiger partial charge < -0.3 is 26.0 Å². The third kappa shape index (κ3) is 2.31. The molecule has 2 aliphatic rings. The summed E-state index contributed by atoms with van der Waals surface area (Å²) in [6.07, 6.45) is -0.269. The Morgan fingerprint density at radius 2 is 2.09 bits per heavy atom. The molecule has 10 nitrogen and oxygen atoms in total. The Bertz CT molecular complexity index is 760. The van der Waals surface area contributed by atoms with E-state index in [1.165, 1.54) is 17.2 Å². The predicted molar refractivity (Wildman–Crippen MR) is 76.8 cm³/mol. The van der Waals surface area contributed by atoms with Crippen molar-refractivity contribution in [3.8, 4) is 0 Å². The minimum absolute atomic E-state index is 0.135. The molecule has 0 unspecified atom stereocenters. The molecule has 0 aromatic carbocycles. The lowest BCUT2D eigenvalue weighted by molar-refractivity contribution is -0.137. The van der Waals surface area contributed by atoms with Crippen LogP contribution in [0.1, 0.15) is 19.1 Å². The summed E-state index contributed by atoms with van der Waals surface area (Å²) in [6, 6.07) is 0.135. The van der Waals surface area contributed by atoms with E-state index in [2.05, 4.69) is 20.3 Å². The number of aliphatic hydroxyl groups is 2. The van der Waals surface area contributed by atoms with Crippen LogP contribution in [0.4, 0.5) is 5.82 Å². The Kier molecular flexibility index (Phi) is 3.18. The maximum absolute atomic E-state index is 12.1. The van der Waals surface area contributed by atoms with Crippen LogP contribution in [0.3, 0.4) is 0 Å². The van der Waals surface area contributed by atoms with Crippen LogP contribution in [0.25, 0.3) is 11.2 Å². The van der Waals surface area contributed by atoms with E-state index in [-0.39, 0.29) is 11.9 Å². The number of hydrogen-bond acceptors (Lipinski definition) is 8. The summed E-state index contributed by atoms with van der Waals surface area (Å²) in [5.74, 6) is -0.232. The van der Waals surface area contributed by atoms with Crippen LogP contribution in [-0.4, -0.2) is 60.0 Å². The zero-order valence-electron chi connectivity index (χ0n) is 12.0. The van der Waals surface area contributed by atoms with Crippen molar-refractivity contribution >= 4 is 22.9 Å². The first kappa shape index (κ1) is 14.3. The summed E-state index contributed by atoms with van der Waals surface area (Å²) in [6.45, 7) is 0. The Hall–Kier alpha value is -2.30. The number of carbonyl (C=O) groups excluding carboxylic acids is 1. The van der Waals surface area contributed by atoms with Crippen molar-refractivity contribution in [2.45, 2.75) is 43.4 Å². The van der Waals surface area contributed by atoms with Gasteiger partial charge in [0, 0.05) is 6.04 Å². The van der Waals surface area contributed by atoms with Crippen LogP contribution in [0.15, 0.2) is 12.7 Å². The zero-order chi connectivity index (χ0) is 16.1. The number of rotatable bonds is 3. The van der Waals surface area contributed by atoms with E-state index >= 15 is 0 Å². The second-order valence-corrected chi connectivity index (χ2v) is 5.79.